The van der Waals surface area contributed by atoms with E-state index in [0.717, 1.165) is 25.1 Å². The van der Waals surface area contributed by atoms with Crippen LogP contribution >= 0.6 is 0 Å². The molecule has 18 heavy (non-hydrogen) atoms. The molecule has 0 bridgehead atoms. The SMILES string of the molecule is CC(C)C1CCCCC1(O)c1ncnn1C(C)C. The van der Waals surface area contributed by atoms with Crippen LogP contribution in [0.15, 0.2) is 6.33 Å². The second kappa shape index (κ2) is 5.00. The van der Waals surface area contributed by atoms with Crippen LogP contribution in [-0.4, -0.2) is 19.9 Å². The number of aromatic nitrogens is 3. The van der Waals surface area contributed by atoms with Crippen molar-refractivity contribution in [1.82, 2.24) is 14.8 Å². The molecule has 2 rings (SSSR count). The molecule has 2 unspecified atom stereocenters. The molecule has 1 fully saturated rings. The third-order valence-electron chi connectivity index (χ3n) is 4.19. The fourth-order valence-corrected chi connectivity index (χ4v) is 3.28. The zero-order valence-electron chi connectivity index (χ0n) is 11.9. The smallest absolute Gasteiger partial charge is 0.159 e. The zero-order valence-corrected chi connectivity index (χ0v) is 11.9. The molecule has 0 saturated heterocycles. The lowest BCUT2D eigenvalue weighted by Gasteiger charge is -2.41. The fourth-order valence-electron chi connectivity index (χ4n) is 3.28. The van der Waals surface area contributed by atoms with Crippen molar-refractivity contribution < 1.29 is 5.11 Å². The van der Waals surface area contributed by atoms with Crippen molar-refractivity contribution >= 4 is 0 Å². The summed E-state index contributed by atoms with van der Waals surface area (Å²) in [6, 6.07) is 0.237. The molecule has 1 aromatic heterocycles. The van der Waals surface area contributed by atoms with Crippen LogP contribution < -0.4 is 0 Å². The van der Waals surface area contributed by atoms with E-state index in [1.54, 1.807) is 6.33 Å². The van der Waals surface area contributed by atoms with Crippen LogP contribution in [0.25, 0.3) is 0 Å². The summed E-state index contributed by atoms with van der Waals surface area (Å²) in [6.45, 7) is 8.54. The molecule has 4 nitrogen and oxygen atoms in total. The van der Waals surface area contributed by atoms with Gasteiger partial charge in [0.1, 0.15) is 11.9 Å². The van der Waals surface area contributed by atoms with Gasteiger partial charge in [-0.15, -0.1) is 0 Å². The molecule has 4 heteroatoms. The van der Waals surface area contributed by atoms with E-state index in [4.69, 9.17) is 0 Å². The van der Waals surface area contributed by atoms with Crippen molar-refractivity contribution in [2.24, 2.45) is 11.8 Å². The van der Waals surface area contributed by atoms with Gasteiger partial charge in [-0.1, -0.05) is 26.7 Å². The van der Waals surface area contributed by atoms with Crippen LogP contribution in [0.5, 0.6) is 0 Å². The first-order valence-corrected chi connectivity index (χ1v) is 7.09. The molecular formula is C14H25N3O. The Bertz CT molecular complexity index is 399. The number of aliphatic hydroxyl groups is 1. The van der Waals surface area contributed by atoms with Crippen LogP contribution in [0.1, 0.15) is 65.2 Å². The lowest BCUT2D eigenvalue weighted by atomic mass is 9.69. The van der Waals surface area contributed by atoms with Crippen molar-refractivity contribution in [1.29, 1.82) is 0 Å². The highest BCUT2D eigenvalue weighted by Crippen LogP contribution is 2.44. The van der Waals surface area contributed by atoms with E-state index in [-0.39, 0.29) is 12.0 Å². The molecule has 1 heterocycles. The van der Waals surface area contributed by atoms with Crippen molar-refractivity contribution in [3.63, 3.8) is 0 Å². The van der Waals surface area contributed by atoms with E-state index in [9.17, 15) is 5.11 Å². The molecule has 0 aliphatic heterocycles. The molecule has 1 saturated carbocycles. The predicted octanol–water partition coefficient (Wildman–Crippen LogP) is 2.89. The van der Waals surface area contributed by atoms with Gasteiger partial charge in [-0.05, 0) is 38.5 Å². The summed E-state index contributed by atoms with van der Waals surface area (Å²) in [4.78, 5) is 4.37. The molecule has 1 aliphatic carbocycles. The highest BCUT2D eigenvalue weighted by Gasteiger charge is 2.45. The topological polar surface area (TPSA) is 50.9 Å². The molecular weight excluding hydrogens is 226 g/mol. The second-order valence-corrected chi connectivity index (χ2v) is 6.14. The molecule has 0 spiro atoms. The first kappa shape index (κ1) is 13.5. The summed E-state index contributed by atoms with van der Waals surface area (Å²) in [5.41, 5.74) is -0.798. The average molecular weight is 251 g/mol. The third kappa shape index (κ3) is 2.18. The Labute approximate surface area is 109 Å². The Hall–Kier alpha value is -0.900. The van der Waals surface area contributed by atoms with Crippen molar-refractivity contribution in [3.8, 4) is 0 Å². The molecule has 1 N–H and O–H groups in total. The van der Waals surface area contributed by atoms with Gasteiger partial charge in [0.15, 0.2) is 5.82 Å². The Balaban J connectivity index is 2.40. The van der Waals surface area contributed by atoms with Gasteiger partial charge in [0.2, 0.25) is 0 Å². The summed E-state index contributed by atoms with van der Waals surface area (Å²) in [7, 11) is 0. The van der Waals surface area contributed by atoms with Gasteiger partial charge in [0, 0.05) is 6.04 Å². The number of hydrogen-bond acceptors (Lipinski definition) is 3. The van der Waals surface area contributed by atoms with Gasteiger partial charge in [-0.2, -0.15) is 5.10 Å². The van der Waals surface area contributed by atoms with E-state index in [1.807, 2.05) is 4.68 Å². The Morgan fingerprint density at radius 3 is 2.67 bits per heavy atom. The standard InChI is InChI=1S/C14H25N3O/c1-10(2)12-7-5-6-8-14(12,18)13-15-9-16-17(13)11(3)4/h9-12,18H,5-8H2,1-4H3. The molecule has 0 radical (unpaired) electrons. The summed E-state index contributed by atoms with van der Waals surface area (Å²) >= 11 is 0. The minimum absolute atomic E-state index is 0.237. The quantitative estimate of drug-likeness (QED) is 0.898. The highest BCUT2D eigenvalue weighted by atomic mass is 16.3. The maximum atomic E-state index is 11.2. The Morgan fingerprint density at radius 1 is 1.33 bits per heavy atom. The predicted molar refractivity (Wildman–Crippen MR) is 71.1 cm³/mol. The molecule has 2 atom stereocenters. The average Bonchev–Trinajstić information content (AvgIpc) is 2.78. The normalized spacial score (nSPS) is 29.2. The monoisotopic (exact) mass is 251 g/mol. The number of nitrogens with zero attached hydrogens (tertiary/aromatic N) is 3. The summed E-state index contributed by atoms with van der Waals surface area (Å²) in [5.74, 6) is 1.51. The van der Waals surface area contributed by atoms with E-state index in [2.05, 4.69) is 37.8 Å². The lowest BCUT2D eigenvalue weighted by Crippen LogP contribution is -2.43. The largest absolute Gasteiger partial charge is 0.382 e. The number of rotatable bonds is 3. The van der Waals surface area contributed by atoms with Crippen molar-refractivity contribution in [2.75, 3.05) is 0 Å². The maximum absolute atomic E-state index is 11.2. The lowest BCUT2D eigenvalue weighted by molar-refractivity contribution is -0.0825. The van der Waals surface area contributed by atoms with Crippen LogP contribution in [-0.2, 0) is 5.60 Å². The maximum Gasteiger partial charge on any atom is 0.159 e. The molecule has 1 aliphatic rings. The van der Waals surface area contributed by atoms with Gasteiger partial charge in [-0.3, -0.25) is 0 Å². The highest BCUT2D eigenvalue weighted by molar-refractivity contribution is 5.07. The van der Waals surface area contributed by atoms with Crippen LogP contribution in [0, 0.1) is 11.8 Å². The summed E-state index contributed by atoms with van der Waals surface area (Å²) in [5, 5.41) is 15.4. The zero-order chi connectivity index (χ0) is 13.3. The minimum atomic E-state index is -0.798. The second-order valence-electron chi connectivity index (χ2n) is 6.14. The van der Waals surface area contributed by atoms with Gasteiger partial charge in [0.05, 0.1) is 0 Å². The first-order valence-electron chi connectivity index (χ1n) is 7.09. The first-order chi connectivity index (χ1) is 8.47. The van der Waals surface area contributed by atoms with Gasteiger partial charge in [-0.25, -0.2) is 9.67 Å². The van der Waals surface area contributed by atoms with Crippen LogP contribution in [0.2, 0.25) is 0 Å². The molecule has 0 aromatic carbocycles. The van der Waals surface area contributed by atoms with Gasteiger partial charge < -0.3 is 5.11 Å². The van der Waals surface area contributed by atoms with Gasteiger partial charge >= 0.3 is 0 Å². The molecule has 102 valence electrons. The van der Waals surface area contributed by atoms with E-state index in [1.165, 1.54) is 6.42 Å². The van der Waals surface area contributed by atoms with Crippen molar-refractivity contribution in [2.45, 2.75) is 65.0 Å². The molecule has 1 aromatic rings. The third-order valence-corrected chi connectivity index (χ3v) is 4.19. The fraction of sp³-hybridized carbons (Fsp3) is 0.857. The Kier molecular flexibility index (Phi) is 3.76. The minimum Gasteiger partial charge on any atom is -0.382 e. The van der Waals surface area contributed by atoms with E-state index < -0.39 is 5.60 Å². The van der Waals surface area contributed by atoms with Gasteiger partial charge in [0.25, 0.3) is 0 Å². The van der Waals surface area contributed by atoms with Crippen LogP contribution in [0.4, 0.5) is 0 Å². The Morgan fingerprint density at radius 2 is 2.06 bits per heavy atom. The van der Waals surface area contributed by atoms with Crippen molar-refractivity contribution in [3.05, 3.63) is 12.2 Å². The number of hydrogen-bond donors (Lipinski definition) is 1. The van der Waals surface area contributed by atoms with E-state index in [0.29, 0.717) is 5.92 Å². The van der Waals surface area contributed by atoms with E-state index >= 15 is 0 Å². The molecule has 0 amide bonds. The summed E-state index contributed by atoms with van der Waals surface area (Å²) < 4.78 is 1.88. The van der Waals surface area contributed by atoms with Crippen LogP contribution in [0.3, 0.4) is 0 Å². The summed E-state index contributed by atoms with van der Waals surface area (Å²) in [6.07, 6.45) is 5.74.